The van der Waals surface area contributed by atoms with Crippen molar-refractivity contribution >= 4 is 32.6 Å². The second-order valence-electron chi connectivity index (χ2n) is 4.09. The van der Waals surface area contributed by atoms with Crippen molar-refractivity contribution in [3.8, 4) is 11.1 Å². The van der Waals surface area contributed by atoms with Crippen molar-refractivity contribution in [2.24, 2.45) is 5.14 Å². The molecule has 0 aliphatic heterocycles. The number of aromatic nitrogens is 1. The van der Waals surface area contributed by atoms with E-state index in [2.05, 4.69) is 4.98 Å². The average molecular weight is 428 g/mol. The summed E-state index contributed by atoms with van der Waals surface area (Å²) in [7, 11) is -4.05. The number of pyridine rings is 1. The SMILES string of the molecule is NS(=O)(=O)c1ccccc1-c1cc(C(F)(F)F)ncc1I. The van der Waals surface area contributed by atoms with Gasteiger partial charge in [0, 0.05) is 20.9 Å². The lowest BCUT2D eigenvalue weighted by Crippen LogP contribution is -2.14. The summed E-state index contributed by atoms with van der Waals surface area (Å²) in [5.41, 5.74) is -0.873. The molecule has 21 heavy (non-hydrogen) atoms. The fourth-order valence-electron chi connectivity index (χ4n) is 1.74. The number of alkyl halides is 3. The lowest BCUT2D eigenvalue weighted by molar-refractivity contribution is -0.141. The van der Waals surface area contributed by atoms with Crippen LogP contribution in [-0.4, -0.2) is 13.4 Å². The number of sulfonamides is 1. The molecule has 112 valence electrons. The van der Waals surface area contributed by atoms with Gasteiger partial charge in [0.05, 0.1) is 4.90 Å². The summed E-state index contributed by atoms with van der Waals surface area (Å²) in [5, 5.41) is 5.10. The number of primary sulfonamides is 1. The smallest absolute Gasteiger partial charge is 0.251 e. The molecule has 1 aromatic carbocycles. The average Bonchev–Trinajstić information content (AvgIpc) is 2.37. The number of halogens is 4. The van der Waals surface area contributed by atoms with Gasteiger partial charge in [-0.05, 0) is 34.7 Å². The second kappa shape index (κ2) is 5.54. The number of hydrogen-bond donors (Lipinski definition) is 1. The molecule has 0 saturated heterocycles. The molecule has 9 heteroatoms. The van der Waals surface area contributed by atoms with Crippen LogP contribution < -0.4 is 5.14 Å². The lowest BCUT2D eigenvalue weighted by atomic mass is 10.1. The molecule has 1 aromatic heterocycles. The summed E-state index contributed by atoms with van der Waals surface area (Å²) in [6.45, 7) is 0. The Labute approximate surface area is 132 Å². The van der Waals surface area contributed by atoms with Gasteiger partial charge in [0.25, 0.3) is 0 Å². The molecular weight excluding hydrogens is 420 g/mol. The zero-order valence-corrected chi connectivity index (χ0v) is 13.2. The maximum atomic E-state index is 12.7. The van der Waals surface area contributed by atoms with Crippen LogP contribution in [0.1, 0.15) is 5.69 Å². The van der Waals surface area contributed by atoms with E-state index in [4.69, 9.17) is 5.14 Å². The Hall–Kier alpha value is -1.20. The Balaban J connectivity index is 2.74. The highest BCUT2D eigenvalue weighted by molar-refractivity contribution is 14.1. The third kappa shape index (κ3) is 3.52. The Morgan fingerprint density at radius 3 is 2.33 bits per heavy atom. The van der Waals surface area contributed by atoms with Gasteiger partial charge in [0.1, 0.15) is 5.69 Å². The lowest BCUT2D eigenvalue weighted by Gasteiger charge is -2.12. The van der Waals surface area contributed by atoms with Crippen LogP contribution in [0.5, 0.6) is 0 Å². The minimum atomic E-state index is -4.62. The number of nitrogens with two attached hydrogens (primary N) is 1. The van der Waals surface area contributed by atoms with Gasteiger partial charge in [-0.2, -0.15) is 13.2 Å². The highest BCUT2D eigenvalue weighted by Gasteiger charge is 2.33. The van der Waals surface area contributed by atoms with E-state index >= 15 is 0 Å². The van der Waals surface area contributed by atoms with Crippen LogP contribution in [0.3, 0.4) is 0 Å². The van der Waals surface area contributed by atoms with Gasteiger partial charge in [0.2, 0.25) is 10.0 Å². The summed E-state index contributed by atoms with van der Waals surface area (Å²) in [6.07, 6.45) is -3.58. The van der Waals surface area contributed by atoms with Crippen molar-refractivity contribution in [3.05, 3.63) is 45.8 Å². The molecule has 1 heterocycles. The normalized spacial score (nSPS) is 12.4. The third-order valence-electron chi connectivity index (χ3n) is 2.63. The minimum Gasteiger partial charge on any atom is -0.251 e. The molecule has 0 fully saturated rings. The summed E-state index contributed by atoms with van der Waals surface area (Å²) in [5.74, 6) is 0. The largest absolute Gasteiger partial charge is 0.433 e. The predicted octanol–water partition coefficient (Wildman–Crippen LogP) is 3.02. The van der Waals surface area contributed by atoms with E-state index in [9.17, 15) is 21.6 Å². The molecule has 4 nitrogen and oxygen atoms in total. The molecule has 0 saturated carbocycles. The fourth-order valence-corrected chi connectivity index (χ4v) is 3.08. The monoisotopic (exact) mass is 428 g/mol. The van der Waals surface area contributed by atoms with Crippen molar-refractivity contribution in [1.82, 2.24) is 4.98 Å². The first-order valence-corrected chi connectivity index (χ1v) is 8.08. The first-order valence-electron chi connectivity index (χ1n) is 5.45. The molecule has 2 rings (SSSR count). The third-order valence-corrected chi connectivity index (χ3v) is 4.46. The molecule has 2 aromatic rings. The van der Waals surface area contributed by atoms with Crippen molar-refractivity contribution in [2.45, 2.75) is 11.1 Å². The van der Waals surface area contributed by atoms with Gasteiger partial charge < -0.3 is 0 Å². The van der Waals surface area contributed by atoms with E-state index in [1.165, 1.54) is 24.3 Å². The standard InChI is InChI=1S/C12H8F3IN2O2S/c13-12(14,15)11-5-8(9(16)6-18-11)7-3-1-2-4-10(7)21(17,19)20/h1-6H,(H2,17,19,20). The van der Waals surface area contributed by atoms with Gasteiger partial charge in [0.15, 0.2) is 0 Å². The molecule has 0 amide bonds. The number of nitrogens with zero attached hydrogens (tertiary/aromatic N) is 1. The van der Waals surface area contributed by atoms with Gasteiger partial charge >= 0.3 is 6.18 Å². The molecule has 0 unspecified atom stereocenters. The summed E-state index contributed by atoms with van der Waals surface area (Å²) in [6, 6.07) is 6.42. The molecule has 0 aliphatic carbocycles. The maximum absolute atomic E-state index is 12.7. The molecule has 0 bridgehead atoms. The highest BCUT2D eigenvalue weighted by atomic mass is 127. The van der Waals surface area contributed by atoms with Gasteiger partial charge in [-0.25, -0.2) is 13.6 Å². The molecular formula is C12H8F3IN2O2S. The first-order chi connectivity index (χ1) is 9.60. The number of hydrogen-bond acceptors (Lipinski definition) is 3. The first kappa shape index (κ1) is 16.2. The molecule has 0 atom stereocenters. The maximum Gasteiger partial charge on any atom is 0.433 e. The van der Waals surface area contributed by atoms with Crippen molar-refractivity contribution in [3.63, 3.8) is 0 Å². The second-order valence-corrected chi connectivity index (χ2v) is 6.78. The van der Waals surface area contributed by atoms with Gasteiger partial charge in [-0.3, -0.25) is 4.98 Å². The van der Waals surface area contributed by atoms with Gasteiger partial charge in [-0.1, -0.05) is 18.2 Å². The van der Waals surface area contributed by atoms with Crippen LogP contribution in [0.2, 0.25) is 0 Å². The Morgan fingerprint density at radius 2 is 1.76 bits per heavy atom. The van der Waals surface area contributed by atoms with E-state index in [1.807, 2.05) is 0 Å². The van der Waals surface area contributed by atoms with E-state index in [0.29, 0.717) is 3.57 Å². The molecule has 2 N–H and O–H groups in total. The van der Waals surface area contributed by atoms with Crippen LogP contribution in [0.15, 0.2) is 41.4 Å². The minimum absolute atomic E-state index is 0.109. The zero-order valence-electron chi connectivity index (χ0n) is 10.2. The van der Waals surface area contributed by atoms with Crippen LogP contribution >= 0.6 is 22.6 Å². The quantitative estimate of drug-likeness (QED) is 0.748. The van der Waals surface area contributed by atoms with Crippen molar-refractivity contribution < 1.29 is 21.6 Å². The molecule has 0 radical (unpaired) electrons. The fraction of sp³-hybridized carbons (Fsp3) is 0.0833. The van der Waals surface area contributed by atoms with E-state index in [0.717, 1.165) is 12.3 Å². The van der Waals surface area contributed by atoms with E-state index in [1.54, 1.807) is 22.6 Å². The van der Waals surface area contributed by atoms with Crippen molar-refractivity contribution in [2.75, 3.05) is 0 Å². The summed E-state index contributed by atoms with van der Waals surface area (Å²) in [4.78, 5) is 3.08. The van der Waals surface area contributed by atoms with Crippen LogP contribution in [-0.2, 0) is 16.2 Å². The summed E-state index contributed by atoms with van der Waals surface area (Å²) < 4.78 is 61.7. The van der Waals surface area contributed by atoms with E-state index < -0.39 is 21.9 Å². The van der Waals surface area contributed by atoms with Crippen LogP contribution in [0.25, 0.3) is 11.1 Å². The topological polar surface area (TPSA) is 73.1 Å². The number of benzene rings is 1. The summed E-state index contributed by atoms with van der Waals surface area (Å²) >= 11 is 1.79. The molecule has 0 aliphatic rings. The zero-order chi connectivity index (χ0) is 15.8. The Bertz CT molecular complexity index is 791. The highest BCUT2D eigenvalue weighted by Crippen LogP contribution is 2.35. The van der Waals surface area contributed by atoms with E-state index in [-0.39, 0.29) is 16.0 Å². The van der Waals surface area contributed by atoms with Crippen molar-refractivity contribution in [1.29, 1.82) is 0 Å². The molecule has 0 spiro atoms. The number of rotatable bonds is 2. The van der Waals surface area contributed by atoms with Gasteiger partial charge in [-0.15, -0.1) is 0 Å². The predicted molar refractivity (Wildman–Crippen MR) is 78.8 cm³/mol. The van der Waals surface area contributed by atoms with Crippen LogP contribution in [0, 0.1) is 3.57 Å². The van der Waals surface area contributed by atoms with Crippen LogP contribution in [0.4, 0.5) is 13.2 Å². The Morgan fingerprint density at radius 1 is 1.14 bits per heavy atom. The Kier molecular flexibility index (Phi) is 4.26.